The third-order valence-corrected chi connectivity index (χ3v) is 7.15. The first-order valence-corrected chi connectivity index (χ1v) is 14.4. The first kappa shape index (κ1) is 33.1. The zero-order valence-corrected chi connectivity index (χ0v) is 24.6. The number of hydrogen-bond donors (Lipinski definition) is 0. The molecule has 2 aromatic carbocycles. The first-order valence-electron chi connectivity index (χ1n) is 12.8. The molecule has 0 amide bonds. The molecular weight excluding hydrogens is 509 g/mol. The van der Waals surface area contributed by atoms with Gasteiger partial charge in [0, 0.05) is 23.2 Å². The van der Waals surface area contributed by atoms with E-state index in [4.69, 9.17) is 37.4 Å². The fourth-order valence-electron chi connectivity index (χ4n) is 3.44. The van der Waals surface area contributed by atoms with Gasteiger partial charge in [-0.05, 0) is 31.4 Å². The Hall–Kier alpha value is -0.883. The summed E-state index contributed by atoms with van der Waals surface area (Å²) in [6.07, 6.45) is 9.46. The molecule has 0 aliphatic rings. The van der Waals surface area contributed by atoms with Crippen molar-refractivity contribution in [3.05, 3.63) is 45.9 Å². The Kier molecular flexibility index (Phi) is 17.7. The molecule has 0 unspecified atom stereocenters. The second-order valence-electron chi connectivity index (χ2n) is 8.45. The molecule has 0 aromatic heterocycles. The van der Waals surface area contributed by atoms with Gasteiger partial charge in [0.1, 0.15) is 5.75 Å². The van der Waals surface area contributed by atoms with Crippen molar-refractivity contribution in [2.75, 3.05) is 19.8 Å². The summed E-state index contributed by atoms with van der Waals surface area (Å²) in [6.45, 7) is 8.23. The van der Waals surface area contributed by atoms with E-state index in [-0.39, 0.29) is 24.4 Å². The van der Waals surface area contributed by atoms with Crippen LogP contribution in [0.15, 0.2) is 30.3 Å². The number of carbonyl (C=O) groups is 1. The van der Waals surface area contributed by atoms with Crippen LogP contribution >= 0.6 is 31.8 Å². The van der Waals surface area contributed by atoms with E-state index < -0.39 is 0 Å². The summed E-state index contributed by atoms with van der Waals surface area (Å²) in [5.74, 6) is 1.91. The zero-order valence-electron chi connectivity index (χ0n) is 22.2. The van der Waals surface area contributed by atoms with E-state index in [2.05, 4.69) is 20.8 Å². The van der Waals surface area contributed by atoms with Gasteiger partial charge in [0.2, 0.25) is 0 Å². The summed E-state index contributed by atoms with van der Waals surface area (Å²) in [5, 5.41) is 1.35. The Labute approximate surface area is 241 Å². The Morgan fingerprint density at radius 2 is 1.19 bits per heavy atom. The largest absolute Gasteiger partial charge is 1.00 e. The van der Waals surface area contributed by atoms with Crippen LogP contribution in [0.2, 0.25) is 10.0 Å². The second kappa shape index (κ2) is 19.2. The third kappa shape index (κ3) is 11.2. The van der Waals surface area contributed by atoms with Crippen LogP contribution in [0.5, 0.6) is 17.2 Å². The van der Waals surface area contributed by atoms with Gasteiger partial charge in [-0.15, -0.1) is 5.30 Å². The minimum absolute atomic E-state index is 0. The Bertz CT molecular complexity index is 873. The molecular formula is C28H38Cl2LiO4P. The smallest absolute Gasteiger partial charge is 0.496 e. The zero-order chi connectivity index (χ0) is 25.5. The fourth-order valence-corrected chi connectivity index (χ4v) is 5.18. The van der Waals surface area contributed by atoms with Crippen molar-refractivity contribution in [3.8, 4) is 17.2 Å². The van der Waals surface area contributed by atoms with E-state index in [0.29, 0.717) is 66.6 Å². The molecule has 194 valence electrons. The van der Waals surface area contributed by atoms with E-state index in [1.807, 2.05) is 12.1 Å². The Balaban J connectivity index is 0.00000648. The summed E-state index contributed by atoms with van der Waals surface area (Å²) in [6, 6.07) is 8.83. The summed E-state index contributed by atoms with van der Waals surface area (Å²) in [7, 11) is 0.395. The number of halogens is 2. The summed E-state index contributed by atoms with van der Waals surface area (Å²) in [5.41, 5.74) is 0.111. The van der Waals surface area contributed by atoms with Crippen molar-refractivity contribution < 1.29 is 37.9 Å². The van der Waals surface area contributed by atoms with Crippen molar-refractivity contribution in [2.24, 2.45) is 0 Å². The van der Waals surface area contributed by atoms with E-state index in [1.165, 1.54) is 0 Å². The predicted octanol–water partition coefficient (Wildman–Crippen LogP) is 6.12. The topological polar surface area (TPSA) is 44.8 Å². The normalized spacial score (nSPS) is 10.9. The number of hydrogen-bond acceptors (Lipinski definition) is 4. The van der Waals surface area contributed by atoms with Gasteiger partial charge in [0.15, 0.2) is 0 Å². The molecule has 2 rings (SSSR count). The molecule has 0 aliphatic heterocycles. The molecule has 0 bridgehead atoms. The van der Waals surface area contributed by atoms with Crippen molar-refractivity contribution in [1.82, 2.24) is 0 Å². The number of rotatable bonds is 18. The quantitative estimate of drug-likeness (QED) is 0.128. The molecule has 0 fully saturated rings. The van der Waals surface area contributed by atoms with Crippen molar-refractivity contribution >= 4 is 42.6 Å². The number of ether oxygens (including phenoxy) is 3. The van der Waals surface area contributed by atoms with Crippen LogP contribution in [0.25, 0.3) is 0 Å². The fraction of sp³-hybridized carbons (Fsp3) is 0.536. The molecule has 4 nitrogen and oxygen atoms in total. The van der Waals surface area contributed by atoms with Crippen LogP contribution in [0.1, 0.15) is 88.9 Å². The molecule has 36 heavy (non-hydrogen) atoms. The molecule has 0 saturated heterocycles. The summed E-state index contributed by atoms with van der Waals surface area (Å²) >= 11 is 12.6. The third-order valence-electron chi connectivity index (χ3n) is 5.43. The van der Waals surface area contributed by atoms with Gasteiger partial charge >= 0.3 is 18.9 Å². The van der Waals surface area contributed by atoms with Crippen LogP contribution in [0.4, 0.5) is 0 Å². The molecule has 0 radical (unpaired) electrons. The maximum absolute atomic E-state index is 13.3. The predicted molar refractivity (Wildman–Crippen MR) is 149 cm³/mol. The molecule has 0 heterocycles. The molecule has 8 heteroatoms. The van der Waals surface area contributed by atoms with Crippen molar-refractivity contribution in [1.29, 1.82) is 0 Å². The first-order chi connectivity index (χ1) is 17.0. The average Bonchev–Trinajstić information content (AvgIpc) is 2.84. The average molecular weight is 547 g/mol. The summed E-state index contributed by atoms with van der Waals surface area (Å²) < 4.78 is 18.4. The van der Waals surface area contributed by atoms with Crippen molar-refractivity contribution in [2.45, 2.75) is 78.6 Å². The van der Waals surface area contributed by atoms with Gasteiger partial charge in [0.25, 0.3) is 0 Å². The SMILES string of the molecule is CCCCCOc1cc(OCCCCC)c([P-]C(=O)c2c(Cl)cccc2Cl)c(OCCCCC)c1.[Li+]. The number of carbonyl (C=O) groups excluding carboxylic acids is 1. The van der Waals surface area contributed by atoms with E-state index in [0.717, 1.165) is 57.8 Å². The maximum atomic E-state index is 13.3. The van der Waals surface area contributed by atoms with Crippen molar-refractivity contribution in [3.63, 3.8) is 0 Å². The molecule has 2 aromatic rings. The van der Waals surface area contributed by atoms with Gasteiger partial charge in [-0.25, -0.2) is 0 Å². The molecule has 0 aliphatic carbocycles. The molecule has 0 saturated carbocycles. The van der Waals surface area contributed by atoms with Gasteiger partial charge in [-0.3, -0.25) is 0 Å². The van der Waals surface area contributed by atoms with Gasteiger partial charge < -0.3 is 27.6 Å². The van der Waals surface area contributed by atoms with Crippen LogP contribution in [-0.2, 0) is 0 Å². The number of unbranched alkanes of at least 4 members (excludes halogenated alkanes) is 6. The molecule has 0 spiro atoms. The van der Waals surface area contributed by atoms with Crippen LogP contribution in [0, 0.1) is 0 Å². The van der Waals surface area contributed by atoms with Gasteiger partial charge in [-0.2, -0.15) is 0 Å². The van der Waals surface area contributed by atoms with Gasteiger partial charge in [-0.1, -0.05) is 88.6 Å². The van der Waals surface area contributed by atoms with Gasteiger partial charge in [0.05, 0.1) is 41.4 Å². The standard InChI is InChI=1S/C28H38Cl2O4P.Li/c1-4-7-10-16-32-21-19-24(33-17-11-8-5-2)27(25(20-21)34-18-12-9-6-3)35-28(31)26-22(29)14-13-15-23(26)30;/h13-15,19-20H,4-12,16-18H2,1-3H3;/q-1;+1. The van der Waals surface area contributed by atoms with E-state index >= 15 is 0 Å². The second-order valence-corrected chi connectivity index (χ2v) is 10.3. The summed E-state index contributed by atoms with van der Waals surface area (Å²) in [4.78, 5) is 13.3. The van der Waals surface area contributed by atoms with Crippen LogP contribution in [-0.4, -0.2) is 25.3 Å². The molecule has 0 atom stereocenters. The maximum Gasteiger partial charge on any atom is 1.00 e. The molecule has 0 N–H and O–H groups in total. The van der Waals surface area contributed by atoms with E-state index in [1.54, 1.807) is 18.2 Å². The van der Waals surface area contributed by atoms with Crippen LogP contribution in [0.3, 0.4) is 0 Å². The van der Waals surface area contributed by atoms with E-state index in [9.17, 15) is 4.79 Å². The Morgan fingerprint density at radius 3 is 1.64 bits per heavy atom. The van der Waals surface area contributed by atoms with Crippen LogP contribution < -0.4 is 38.4 Å². The Morgan fingerprint density at radius 1 is 0.750 bits per heavy atom. The number of benzene rings is 2. The monoisotopic (exact) mass is 546 g/mol. The minimum Gasteiger partial charge on any atom is -0.496 e. The minimum atomic E-state index is -0.200.